The highest BCUT2D eigenvalue weighted by Gasteiger charge is 1.41. The van der Waals surface area contributed by atoms with Crippen molar-refractivity contribution in [1.29, 1.82) is 0 Å². The average Bonchev–Trinajstić information content (AvgIpc) is 1.69. The van der Waals surface area contributed by atoms with E-state index in [1.807, 2.05) is 0 Å². The third-order valence-corrected chi connectivity index (χ3v) is 0.129. The first kappa shape index (κ1) is 9.80. The van der Waals surface area contributed by atoms with Crippen LogP contribution in [0.3, 0.4) is 0 Å². The van der Waals surface area contributed by atoms with Crippen LogP contribution in [0.5, 0.6) is 0 Å². The molecular weight excluding hydrogens is 88.1 g/mol. The minimum Gasteiger partial charge on any atom is -0.312 e. The lowest BCUT2D eigenvalue weighted by atomic mass is 10.6. The predicted molar refractivity (Wildman–Crippen MR) is 34.6 cm³/mol. The van der Waals surface area contributed by atoms with E-state index in [9.17, 15) is 0 Å². The van der Waals surface area contributed by atoms with Crippen molar-refractivity contribution in [3.05, 3.63) is 0 Å². The molecule has 0 aromatic rings. The van der Waals surface area contributed by atoms with Gasteiger partial charge in [-0.2, -0.15) is 0 Å². The van der Waals surface area contributed by atoms with E-state index in [2.05, 4.69) is 25.6 Å². The summed E-state index contributed by atoms with van der Waals surface area (Å²) < 4.78 is 0. The first-order valence-corrected chi connectivity index (χ1v) is 2.45. The fourth-order valence-corrected chi connectivity index (χ4v) is 0. The van der Waals surface area contributed by atoms with Crippen molar-refractivity contribution in [1.82, 2.24) is 0 Å². The molecule has 2 nitrogen and oxygen atoms in total. The fourth-order valence-electron chi connectivity index (χ4n) is 0. The number of nitrogens with zero attached hydrogens (tertiary/aromatic N) is 1. The molecule has 0 saturated carbocycles. The average molecular weight is 102 g/mol. The summed E-state index contributed by atoms with van der Waals surface area (Å²) in [4.78, 5) is 3.26. The highest BCUT2D eigenvalue weighted by molar-refractivity contribution is 5.22. The normalized spacial score (nSPS) is 6.14. The highest BCUT2D eigenvalue weighted by Crippen LogP contribution is 1.56. The van der Waals surface area contributed by atoms with Crippen LogP contribution in [-0.2, 0) is 0 Å². The van der Waals surface area contributed by atoms with Gasteiger partial charge in [-0.1, -0.05) is 20.3 Å². The van der Waals surface area contributed by atoms with Crippen LogP contribution in [0.1, 0.15) is 20.3 Å². The molecule has 0 saturated heterocycles. The van der Waals surface area contributed by atoms with Crippen molar-refractivity contribution in [2.45, 2.75) is 20.3 Å². The molecule has 0 aliphatic rings. The Morgan fingerprint density at radius 1 is 1.57 bits per heavy atom. The number of nitrogens with two attached hydrogens (primary N) is 1. The molecule has 0 aromatic carbocycles. The van der Waals surface area contributed by atoms with Gasteiger partial charge in [0.05, 0.1) is 6.67 Å². The zero-order valence-electron chi connectivity index (χ0n) is 5.15. The standard InChI is InChI=1S/C3H8.C2H6N2/c1-3-2;1-4-2-3/h3H2,1-2H3;1-3H2. The third kappa shape index (κ3) is 187. The van der Waals surface area contributed by atoms with Crippen LogP contribution >= 0.6 is 0 Å². The number of hydrogen-bond donors (Lipinski definition) is 1. The Morgan fingerprint density at radius 2 is 1.71 bits per heavy atom. The molecular formula is C5H14N2. The van der Waals surface area contributed by atoms with Crippen LogP contribution in [0.4, 0.5) is 0 Å². The molecule has 0 atom stereocenters. The molecule has 0 rings (SSSR count). The summed E-state index contributed by atoms with van der Waals surface area (Å²) in [5.41, 5.74) is 4.80. The minimum atomic E-state index is 0.333. The second-order valence-corrected chi connectivity index (χ2v) is 1.11. The van der Waals surface area contributed by atoms with Gasteiger partial charge in [-0.25, -0.2) is 0 Å². The van der Waals surface area contributed by atoms with Gasteiger partial charge in [-0.3, -0.25) is 4.99 Å². The summed E-state index contributed by atoms with van der Waals surface area (Å²) in [6.45, 7) is 7.69. The van der Waals surface area contributed by atoms with Gasteiger partial charge in [0.2, 0.25) is 0 Å². The van der Waals surface area contributed by atoms with E-state index in [-0.39, 0.29) is 0 Å². The zero-order chi connectivity index (χ0) is 6.12. The van der Waals surface area contributed by atoms with Gasteiger partial charge in [0.25, 0.3) is 0 Å². The topological polar surface area (TPSA) is 38.4 Å². The molecule has 0 heterocycles. The van der Waals surface area contributed by atoms with Crippen LogP contribution in [0.2, 0.25) is 0 Å². The maximum atomic E-state index is 4.80. The van der Waals surface area contributed by atoms with Crippen molar-refractivity contribution in [2.24, 2.45) is 10.7 Å². The molecule has 2 N–H and O–H groups in total. The van der Waals surface area contributed by atoms with E-state index < -0.39 is 0 Å². The molecule has 0 radical (unpaired) electrons. The molecule has 0 spiro atoms. The zero-order valence-corrected chi connectivity index (χ0v) is 5.15. The lowest BCUT2D eigenvalue weighted by Gasteiger charge is -1.63. The largest absolute Gasteiger partial charge is 0.312 e. The molecule has 0 unspecified atom stereocenters. The van der Waals surface area contributed by atoms with E-state index >= 15 is 0 Å². The summed E-state index contributed by atoms with van der Waals surface area (Å²) in [7, 11) is 0. The van der Waals surface area contributed by atoms with Crippen molar-refractivity contribution in [2.75, 3.05) is 6.67 Å². The lowest BCUT2D eigenvalue weighted by molar-refractivity contribution is 1.08. The van der Waals surface area contributed by atoms with E-state index in [1.165, 1.54) is 6.42 Å². The summed E-state index contributed by atoms with van der Waals surface area (Å²) in [6, 6.07) is 0. The Morgan fingerprint density at radius 3 is 1.71 bits per heavy atom. The third-order valence-electron chi connectivity index (χ3n) is 0.129. The van der Waals surface area contributed by atoms with Crippen LogP contribution in [0.15, 0.2) is 4.99 Å². The van der Waals surface area contributed by atoms with Crippen LogP contribution in [0.25, 0.3) is 0 Å². The quantitative estimate of drug-likeness (QED) is 0.493. The van der Waals surface area contributed by atoms with Crippen molar-refractivity contribution >= 4 is 6.72 Å². The molecule has 0 aliphatic carbocycles. The maximum Gasteiger partial charge on any atom is 0.0852 e. The van der Waals surface area contributed by atoms with Crippen LogP contribution in [0, 0.1) is 0 Å². The van der Waals surface area contributed by atoms with Gasteiger partial charge >= 0.3 is 0 Å². The second-order valence-electron chi connectivity index (χ2n) is 1.11. The molecule has 44 valence electrons. The first-order chi connectivity index (χ1) is 3.33. The number of hydrogen-bond acceptors (Lipinski definition) is 2. The van der Waals surface area contributed by atoms with Gasteiger partial charge < -0.3 is 5.73 Å². The van der Waals surface area contributed by atoms with Gasteiger partial charge in [-0.05, 0) is 6.72 Å². The van der Waals surface area contributed by atoms with Gasteiger partial charge in [0.15, 0.2) is 0 Å². The molecule has 0 amide bonds. The van der Waals surface area contributed by atoms with E-state index in [1.54, 1.807) is 0 Å². The van der Waals surface area contributed by atoms with Crippen molar-refractivity contribution in [3.63, 3.8) is 0 Å². The summed E-state index contributed by atoms with van der Waals surface area (Å²) in [5.74, 6) is 0. The number of rotatable bonds is 1. The molecule has 0 aromatic heterocycles. The summed E-state index contributed by atoms with van der Waals surface area (Å²) >= 11 is 0. The Kier molecular flexibility index (Phi) is 24.4. The SMILES string of the molecule is C=NCN.CCC. The van der Waals surface area contributed by atoms with Crippen molar-refractivity contribution in [3.8, 4) is 0 Å². The van der Waals surface area contributed by atoms with Gasteiger partial charge in [-0.15, -0.1) is 0 Å². The Balaban J connectivity index is 0. The Hall–Kier alpha value is -0.370. The maximum absolute atomic E-state index is 4.80. The van der Waals surface area contributed by atoms with Crippen molar-refractivity contribution < 1.29 is 0 Å². The Labute approximate surface area is 45.4 Å². The molecule has 2 heteroatoms. The van der Waals surface area contributed by atoms with Crippen LogP contribution in [-0.4, -0.2) is 13.4 Å². The summed E-state index contributed by atoms with van der Waals surface area (Å²) in [6.07, 6.45) is 1.25. The smallest absolute Gasteiger partial charge is 0.0852 e. The second kappa shape index (κ2) is 17.4. The predicted octanol–water partition coefficient (Wildman–Crippen LogP) is 1.02. The molecule has 7 heavy (non-hydrogen) atoms. The lowest BCUT2D eigenvalue weighted by Crippen LogP contribution is -1.90. The highest BCUT2D eigenvalue weighted by atomic mass is 14.8. The number of aliphatic imine (C=N–C) groups is 1. The van der Waals surface area contributed by atoms with E-state index in [4.69, 9.17) is 5.73 Å². The van der Waals surface area contributed by atoms with E-state index in [0.29, 0.717) is 6.67 Å². The monoisotopic (exact) mass is 102 g/mol. The molecule has 0 fully saturated rings. The van der Waals surface area contributed by atoms with Crippen LogP contribution < -0.4 is 5.73 Å². The minimum absolute atomic E-state index is 0.333. The van der Waals surface area contributed by atoms with E-state index in [0.717, 1.165) is 0 Å². The summed E-state index contributed by atoms with van der Waals surface area (Å²) in [5, 5.41) is 0. The van der Waals surface area contributed by atoms with Gasteiger partial charge in [0.1, 0.15) is 0 Å². The first-order valence-electron chi connectivity index (χ1n) is 2.45. The molecule has 0 aliphatic heterocycles. The molecule has 0 bridgehead atoms. The van der Waals surface area contributed by atoms with Gasteiger partial charge in [0, 0.05) is 0 Å². The fraction of sp³-hybridized carbons (Fsp3) is 0.800. The Bertz CT molecular complexity index is 27.3.